The van der Waals surface area contributed by atoms with Gasteiger partial charge >= 0.3 is 5.97 Å². The van der Waals surface area contributed by atoms with E-state index >= 15 is 0 Å². The zero-order valence-corrected chi connectivity index (χ0v) is 6.71. The molecule has 0 rings (SSSR count). The first kappa shape index (κ1) is 10.4. The number of carbonyl (C=O) groups is 1. The van der Waals surface area contributed by atoms with Crippen molar-refractivity contribution in [2.45, 2.75) is 12.8 Å². The summed E-state index contributed by atoms with van der Waals surface area (Å²) in [7, 11) is 1.58. The summed E-state index contributed by atoms with van der Waals surface area (Å²) in [5.74, 6) is -0.281. The van der Waals surface area contributed by atoms with Gasteiger partial charge in [-0.3, -0.25) is 4.79 Å². The molecule has 0 aliphatic rings. The molecule has 0 saturated heterocycles. The van der Waals surface area contributed by atoms with E-state index in [1.54, 1.807) is 7.11 Å². The van der Waals surface area contributed by atoms with Crippen molar-refractivity contribution < 1.29 is 19.4 Å². The van der Waals surface area contributed by atoms with Crippen LogP contribution in [0.2, 0.25) is 0 Å². The van der Waals surface area contributed by atoms with Crippen molar-refractivity contribution in [1.82, 2.24) is 0 Å². The summed E-state index contributed by atoms with van der Waals surface area (Å²) in [6, 6.07) is 0. The molecule has 0 aromatic carbocycles. The number of hydrogen-bond donors (Lipinski definition) is 1. The summed E-state index contributed by atoms with van der Waals surface area (Å²) in [5.41, 5.74) is 0. The van der Waals surface area contributed by atoms with Gasteiger partial charge in [-0.05, 0) is 6.42 Å². The molecule has 0 unspecified atom stereocenters. The molecule has 66 valence electrons. The molecule has 0 saturated carbocycles. The molecule has 0 spiro atoms. The van der Waals surface area contributed by atoms with Gasteiger partial charge < -0.3 is 14.6 Å². The van der Waals surface area contributed by atoms with Crippen molar-refractivity contribution in [1.29, 1.82) is 0 Å². The molecular weight excluding hydrogens is 148 g/mol. The molecular formula is C7H14O4. The average molecular weight is 162 g/mol. The molecule has 0 aromatic rings. The Bertz CT molecular complexity index is 103. The lowest BCUT2D eigenvalue weighted by Crippen LogP contribution is -2.08. The van der Waals surface area contributed by atoms with Gasteiger partial charge in [0.25, 0.3) is 0 Å². The fourth-order valence-corrected chi connectivity index (χ4v) is 0.592. The largest absolute Gasteiger partial charge is 0.463 e. The van der Waals surface area contributed by atoms with Crippen molar-refractivity contribution in [2.24, 2.45) is 0 Å². The van der Waals surface area contributed by atoms with Gasteiger partial charge in [-0.2, -0.15) is 0 Å². The Labute approximate surface area is 66.1 Å². The van der Waals surface area contributed by atoms with Gasteiger partial charge in [-0.25, -0.2) is 0 Å². The lowest BCUT2D eigenvalue weighted by Gasteiger charge is -2.01. The maximum absolute atomic E-state index is 10.7. The third-order valence-corrected chi connectivity index (χ3v) is 1.08. The van der Waals surface area contributed by atoms with Crippen LogP contribution in [0.3, 0.4) is 0 Å². The minimum Gasteiger partial charge on any atom is -0.463 e. The molecule has 0 aliphatic carbocycles. The third kappa shape index (κ3) is 7.29. The molecule has 0 aromatic heterocycles. The number of hydrogen-bond acceptors (Lipinski definition) is 4. The highest BCUT2D eigenvalue weighted by Crippen LogP contribution is 1.92. The van der Waals surface area contributed by atoms with E-state index in [0.29, 0.717) is 19.4 Å². The molecule has 0 aliphatic heterocycles. The lowest BCUT2D eigenvalue weighted by molar-refractivity contribution is -0.144. The monoisotopic (exact) mass is 162 g/mol. The van der Waals surface area contributed by atoms with E-state index in [4.69, 9.17) is 9.84 Å². The summed E-state index contributed by atoms with van der Waals surface area (Å²) in [4.78, 5) is 10.7. The molecule has 0 radical (unpaired) electrons. The second kappa shape index (κ2) is 7.50. The van der Waals surface area contributed by atoms with Crippen molar-refractivity contribution in [3.8, 4) is 0 Å². The fraction of sp³-hybridized carbons (Fsp3) is 0.857. The van der Waals surface area contributed by atoms with Crippen LogP contribution in [0, 0.1) is 0 Å². The Morgan fingerprint density at radius 1 is 1.45 bits per heavy atom. The number of ether oxygens (including phenoxy) is 2. The highest BCUT2D eigenvalue weighted by Gasteiger charge is 2.00. The minimum absolute atomic E-state index is 0.0891. The molecule has 4 heteroatoms. The van der Waals surface area contributed by atoms with Crippen LogP contribution in [0.15, 0.2) is 0 Å². The smallest absolute Gasteiger partial charge is 0.305 e. The van der Waals surface area contributed by atoms with Crippen molar-refractivity contribution in [3.63, 3.8) is 0 Å². The highest BCUT2D eigenvalue weighted by atomic mass is 16.5. The Hall–Kier alpha value is -0.610. The molecule has 0 bridgehead atoms. The number of methoxy groups -OCH3 is 1. The van der Waals surface area contributed by atoms with Gasteiger partial charge in [0.2, 0.25) is 0 Å². The normalized spacial score (nSPS) is 9.64. The minimum atomic E-state index is -0.281. The lowest BCUT2D eigenvalue weighted by atomic mass is 10.3. The van der Waals surface area contributed by atoms with Crippen LogP contribution in [0.1, 0.15) is 12.8 Å². The number of carbonyl (C=O) groups excluding carboxylic acids is 1. The van der Waals surface area contributed by atoms with Gasteiger partial charge in [0.15, 0.2) is 0 Å². The second-order valence-electron chi connectivity index (χ2n) is 2.04. The molecule has 1 N–H and O–H groups in total. The summed E-state index contributed by atoms with van der Waals surface area (Å²) in [6.45, 7) is 0.538. The summed E-state index contributed by atoms with van der Waals surface area (Å²) in [6.07, 6.45) is 1.02. The zero-order chi connectivity index (χ0) is 8.53. The molecule has 4 nitrogen and oxygen atoms in total. The maximum atomic E-state index is 10.7. The number of aliphatic hydroxyl groups is 1. The van der Waals surface area contributed by atoms with Crippen LogP contribution in [-0.4, -0.2) is 38.0 Å². The summed E-state index contributed by atoms with van der Waals surface area (Å²) >= 11 is 0. The summed E-state index contributed by atoms with van der Waals surface area (Å²) in [5, 5.41) is 8.28. The van der Waals surface area contributed by atoms with Gasteiger partial charge in [-0.1, -0.05) is 0 Å². The number of aliphatic hydroxyl groups excluding tert-OH is 1. The van der Waals surface area contributed by atoms with Crippen LogP contribution in [-0.2, 0) is 14.3 Å². The van der Waals surface area contributed by atoms with E-state index in [2.05, 4.69) is 4.74 Å². The molecule has 11 heavy (non-hydrogen) atoms. The standard InChI is InChI=1S/C7H14O4/c1-10-5-2-3-7(9)11-6-4-8/h8H,2-6H2,1H3. The zero-order valence-electron chi connectivity index (χ0n) is 6.71. The highest BCUT2D eigenvalue weighted by molar-refractivity contribution is 5.69. The average Bonchev–Trinajstić information content (AvgIpc) is 2.01. The first-order valence-electron chi connectivity index (χ1n) is 3.56. The molecule has 0 fully saturated rings. The van der Waals surface area contributed by atoms with Gasteiger partial charge in [0.05, 0.1) is 6.61 Å². The van der Waals surface area contributed by atoms with Gasteiger partial charge in [-0.15, -0.1) is 0 Å². The molecule has 0 atom stereocenters. The fourth-order valence-electron chi connectivity index (χ4n) is 0.592. The number of esters is 1. The Morgan fingerprint density at radius 2 is 2.18 bits per heavy atom. The van der Waals surface area contributed by atoms with E-state index in [9.17, 15) is 4.79 Å². The van der Waals surface area contributed by atoms with Gasteiger partial charge in [0, 0.05) is 20.1 Å². The second-order valence-corrected chi connectivity index (χ2v) is 2.04. The van der Waals surface area contributed by atoms with E-state index in [-0.39, 0.29) is 19.2 Å². The Kier molecular flexibility index (Phi) is 7.08. The topological polar surface area (TPSA) is 55.8 Å². The molecule has 0 amide bonds. The van der Waals surface area contributed by atoms with E-state index in [0.717, 1.165) is 0 Å². The van der Waals surface area contributed by atoms with Crippen LogP contribution in [0.4, 0.5) is 0 Å². The van der Waals surface area contributed by atoms with Crippen LogP contribution < -0.4 is 0 Å². The third-order valence-electron chi connectivity index (χ3n) is 1.08. The first-order valence-corrected chi connectivity index (χ1v) is 3.56. The van der Waals surface area contributed by atoms with Crippen LogP contribution in [0.5, 0.6) is 0 Å². The van der Waals surface area contributed by atoms with Crippen molar-refractivity contribution >= 4 is 5.97 Å². The van der Waals surface area contributed by atoms with E-state index in [1.165, 1.54) is 0 Å². The van der Waals surface area contributed by atoms with Crippen LogP contribution in [0.25, 0.3) is 0 Å². The Morgan fingerprint density at radius 3 is 2.73 bits per heavy atom. The predicted molar refractivity (Wildman–Crippen MR) is 39.2 cm³/mol. The quantitative estimate of drug-likeness (QED) is 0.439. The van der Waals surface area contributed by atoms with Crippen molar-refractivity contribution in [2.75, 3.05) is 26.9 Å². The number of rotatable bonds is 6. The Balaban J connectivity index is 3.09. The summed E-state index contributed by atoms with van der Waals surface area (Å²) < 4.78 is 9.33. The SMILES string of the molecule is COCCCC(=O)OCCO. The predicted octanol–water partition coefficient (Wildman–Crippen LogP) is -0.0515. The molecule has 0 heterocycles. The van der Waals surface area contributed by atoms with E-state index < -0.39 is 0 Å². The maximum Gasteiger partial charge on any atom is 0.305 e. The van der Waals surface area contributed by atoms with E-state index in [1.807, 2.05) is 0 Å². The van der Waals surface area contributed by atoms with Gasteiger partial charge in [0.1, 0.15) is 6.61 Å². The van der Waals surface area contributed by atoms with Crippen molar-refractivity contribution in [3.05, 3.63) is 0 Å². The first-order chi connectivity index (χ1) is 5.31. The van der Waals surface area contributed by atoms with Crippen LogP contribution >= 0.6 is 0 Å².